The van der Waals surface area contributed by atoms with Crippen LogP contribution < -0.4 is 5.32 Å². The van der Waals surface area contributed by atoms with Gasteiger partial charge in [0.25, 0.3) is 0 Å². The smallest absolute Gasteiger partial charge is 0.0484 e. The summed E-state index contributed by atoms with van der Waals surface area (Å²) in [7, 11) is 2.01. The lowest BCUT2D eigenvalue weighted by molar-refractivity contribution is 0.325. The minimum atomic E-state index is 0.315. The lowest BCUT2D eigenvalue weighted by atomic mass is 9.85. The molecule has 0 bridgehead atoms. The Balaban J connectivity index is 2.24. The van der Waals surface area contributed by atoms with Crippen LogP contribution in [0.5, 0.6) is 0 Å². The predicted molar refractivity (Wildman–Crippen MR) is 85.0 cm³/mol. The number of fused-ring (bicyclic) bond motifs is 1. The van der Waals surface area contributed by atoms with E-state index in [-0.39, 0.29) is 0 Å². The minimum absolute atomic E-state index is 0.315. The zero-order valence-corrected chi connectivity index (χ0v) is 12.7. The summed E-state index contributed by atoms with van der Waals surface area (Å²) < 4.78 is 0. The topological polar surface area (TPSA) is 12.0 Å². The van der Waals surface area contributed by atoms with Crippen molar-refractivity contribution in [3.05, 3.63) is 47.0 Å². The van der Waals surface area contributed by atoms with Gasteiger partial charge in [0.2, 0.25) is 0 Å². The van der Waals surface area contributed by atoms with E-state index in [1.165, 1.54) is 17.4 Å². The fourth-order valence-electron chi connectivity index (χ4n) is 2.58. The molecule has 0 aromatic heterocycles. The molecular formula is C17H22ClN. The molecule has 0 aliphatic carbocycles. The Morgan fingerprint density at radius 3 is 2.42 bits per heavy atom. The third-order valence-corrected chi connectivity index (χ3v) is 4.02. The van der Waals surface area contributed by atoms with Crippen LogP contribution in [0.25, 0.3) is 10.8 Å². The number of aryl methyl sites for hydroxylation is 1. The van der Waals surface area contributed by atoms with Gasteiger partial charge in [-0.05, 0) is 48.9 Å². The highest BCUT2D eigenvalue weighted by atomic mass is 35.5. The molecule has 1 N–H and O–H groups in total. The summed E-state index contributed by atoms with van der Waals surface area (Å²) >= 11 is 6.26. The summed E-state index contributed by atoms with van der Waals surface area (Å²) in [5.41, 5.74) is 1.71. The van der Waals surface area contributed by atoms with E-state index in [0.717, 1.165) is 23.4 Å². The van der Waals surface area contributed by atoms with E-state index in [2.05, 4.69) is 43.4 Å². The van der Waals surface area contributed by atoms with Gasteiger partial charge in [-0.25, -0.2) is 0 Å². The molecule has 19 heavy (non-hydrogen) atoms. The number of halogens is 1. The molecule has 0 heterocycles. The molecule has 0 aliphatic heterocycles. The van der Waals surface area contributed by atoms with Crippen molar-refractivity contribution in [1.29, 1.82) is 0 Å². The lowest BCUT2D eigenvalue weighted by Gasteiger charge is -2.24. The fourth-order valence-corrected chi connectivity index (χ4v) is 2.81. The standard InChI is InChI=1S/C17H22ClN/c1-17(2,12-19-3)11-10-13-8-9-16(18)15-7-5-4-6-14(13)15/h4-9,19H,10-12H2,1-3H3. The second-order valence-electron chi connectivity index (χ2n) is 5.95. The van der Waals surface area contributed by atoms with Gasteiger partial charge in [0.15, 0.2) is 0 Å². The highest BCUT2D eigenvalue weighted by Crippen LogP contribution is 2.29. The molecule has 2 aromatic carbocycles. The zero-order chi connectivity index (χ0) is 13.9. The van der Waals surface area contributed by atoms with Gasteiger partial charge in [-0.2, -0.15) is 0 Å². The number of benzene rings is 2. The first-order valence-electron chi connectivity index (χ1n) is 6.84. The van der Waals surface area contributed by atoms with Crippen molar-refractivity contribution in [3.8, 4) is 0 Å². The predicted octanol–water partition coefficient (Wildman–Crippen LogP) is 4.67. The van der Waals surface area contributed by atoms with Gasteiger partial charge in [0.05, 0.1) is 0 Å². The first kappa shape index (κ1) is 14.4. The highest BCUT2D eigenvalue weighted by molar-refractivity contribution is 6.35. The van der Waals surface area contributed by atoms with Crippen molar-refractivity contribution in [2.75, 3.05) is 13.6 Å². The van der Waals surface area contributed by atoms with Gasteiger partial charge in [0, 0.05) is 10.4 Å². The van der Waals surface area contributed by atoms with Crippen molar-refractivity contribution >= 4 is 22.4 Å². The van der Waals surface area contributed by atoms with Crippen LogP contribution >= 0.6 is 11.6 Å². The first-order valence-corrected chi connectivity index (χ1v) is 7.22. The van der Waals surface area contributed by atoms with Gasteiger partial charge in [-0.3, -0.25) is 0 Å². The van der Waals surface area contributed by atoms with Gasteiger partial charge in [-0.1, -0.05) is 55.8 Å². The van der Waals surface area contributed by atoms with E-state index in [4.69, 9.17) is 11.6 Å². The average molecular weight is 276 g/mol. The third-order valence-electron chi connectivity index (χ3n) is 3.69. The van der Waals surface area contributed by atoms with E-state index >= 15 is 0 Å². The van der Waals surface area contributed by atoms with Crippen LogP contribution in [-0.4, -0.2) is 13.6 Å². The van der Waals surface area contributed by atoms with E-state index in [1.54, 1.807) is 0 Å². The van der Waals surface area contributed by atoms with Crippen LogP contribution in [0.1, 0.15) is 25.8 Å². The van der Waals surface area contributed by atoms with Crippen LogP contribution in [0.15, 0.2) is 36.4 Å². The fraction of sp³-hybridized carbons (Fsp3) is 0.412. The summed E-state index contributed by atoms with van der Waals surface area (Å²) in [4.78, 5) is 0. The van der Waals surface area contributed by atoms with E-state index < -0.39 is 0 Å². The van der Waals surface area contributed by atoms with Gasteiger partial charge in [0.1, 0.15) is 0 Å². The number of rotatable bonds is 5. The summed E-state index contributed by atoms with van der Waals surface area (Å²) in [5, 5.41) is 6.56. The Hall–Kier alpha value is -1.05. The number of nitrogens with one attached hydrogen (secondary N) is 1. The highest BCUT2D eigenvalue weighted by Gasteiger charge is 2.17. The molecule has 0 unspecified atom stereocenters. The third kappa shape index (κ3) is 3.49. The Morgan fingerprint density at radius 2 is 1.74 bits per heavy atom. The molecular weight excluding hydrogens is 254 g/mol. The van der Waals surface area contributed by atoms with Crippen molar-refractivity contribution in [2.45, 2.75) is 26.7 Å². The Bertz CT molecular complexity index is 560. The van der Waals surface area contributed by atoms with Crippen LogP contribution in [0.4, 0.5) is 0 Å². The Morgan fingerprint density at radius 1 is 1.05 bits per heavy atom. The minimum Gasteiger partial charge on any atom is -0.319 e. The van der Waals surface area contributed by atoms with Crippen molar-refractivity contribution in [1.82, 2.24) is 5.32 Å². The maximum atomic E-state index is 6.26. The molecule has 102 valence electrons. The van der Waals surface area contributed by atoms with Crippen LogP contribution in [0.2, 0.25) is 5.02 Å². The second kappa shape index (κ2) is 5.94. The molecule has 0 saturated heterocycles. The molecule has 0 radical (unpaired) electrons. The maximum absolute atomic E-state index is 6.26. The van der Waals surface area contributed by atoms with Crippen molar-refractivity contribution in [3.63, 3.8) is 0 Å². The SMILES string of the molecule is CNCC(C)(C)CCc1ccc(Cl)c2ccccc12. The van der Waals surface area contributed by atoms with E-state index in [9.17, 15) is 0 Å². The number of hydrogen-bond donors (Lipinski definition) is 1. The zero-order valence-electron chi connectivity index (χ0n) is 12.0. The van der Waals surface area contributed by atoms with E-state index in [1.807, 2.05) is 19.2 Å². The number of hydrogen-bond acceptors (Lipinski definition) is 1. The van der Waals surface area contributed by atoms with E-state index in [0.29, 0.717) is 5.41 Å². The Kier molecular flexibility index (Phi) is 4.49. The molecule has 1 nitrogen and oxygen atoms in total. The van der Waals surface area contributed by atoms with Gasteiger partial charge in [-0.15, -0.1) is 0 Å². The molecule has 2 heteroatoms. The molecule has 0 saturated carbocycles. The normalized spacial score (nSPS) is 12.0. The quantitative estimate of drug-likeness (QED) is 0.836. The lowest BCUT2D eigenvalue weighted by Crippen LogP contribution is -2.27. The van der Waals surface area contributed by atoms with Crippen LogP contribution in [0, 0.1) is 5.41 Å². The molecule has 0 aliphatic rings. The Labute approximate surface area is 121 Å². The van der Waals surface area contributed by atoms with Crippen molar-refractivity contribution in [2.24, 2.45) is 5.41 Å². The molecule has 0 atom stereocenters. The molecule has 2 aromatic rings. The molecule has 0 fully saturated rings. The summed E-state index contributed by atoms with van der Waals surface area (Å²) in [6.45, 7) is 5.65. The molecule has 0 spiro atoms. The monoisotopic (exact) mass is 275 g/mol. The summed E-state index contributed by atoms with van der Waals surface area (Å²) in [5.74, 6) is 0. The van der Waals surface area contributed by atoms with Crippen LogP contribution in [0.3, 0.4) is 0 Å². The first-order chi connectivity index (χ1) is 9.03. The largest absolute Gasteiger partial charge is 0.319 e. The van der Waals surface area contributed by atoms with Gasteiger partial charge >= 0.3 is 0 Å². The molecule has 2 rings (SSSR count). The average Bonchev–Trinajstić information content (AvgIpc) is 2.38. The van der Waals surface area contributed by atoms with Crippen molar-refractivity contribution < 1.29 is 0 Å². The summed E-state index contributed by atoms with van der Waals surface area (Å²) in [6, 6.07) is 12.6. The second-order valence-corrected chi connectivity index (χ2v) is 6.35. The molecule has 0 amide bonds. The maximum Gasteiger partial charge on any atom is 0.0484 e. The van der Waals surface area contributed by atoms with Gasteiger partial charge < -0.3 is 5.32 Å². The summed E-state index contributed by atoms with van der Waals surface area (Å²) in [6.07, 6.45) is 2.26. The van der Waals surface area contributed by atoms with Crippen LogP contribution in [-0.2, 0) is 6.42 Å².